The van der Waals surface area contributed by atoms with Gasteiger partial charge in [0.15, 0.2) is 0 Å². The van der Waals surface area contributed by atoms with Crippen LogP contribution in [0.3, 0.4) is 0 Å². The van der Waals surface area contributed by atoms with Gasteiger partial charge in [-0.1, -0.05) is 35.9 Å². The quantitative estimate of drug-likeness (QED) is 0.539. The fourth-order valence-electron chi connectivity index (χ4n) is 2.37. The lowest BCUT2D eigenvalue weighted by molar-refractivity contribution is 0.102. The average Bonchev–Trinajstić information content (AvgIpc) is 2.68. The second kappa shape index (κ2) is 8.79. The minimum atomic E-state index is -0.146. The Morgan fingerprint density at radius 2 is 1.69 bits per heavy atom. The van der Waals surface area contributed by atoms with E-state index in [0.29, 0.717) is 5.56 Å². The third-order valence-corrected chi connectivity index (χ3v) is 5.19. The second-order valence-electron chi connectivity index (χ2n) is 5.59. The van der Waals surface area contributed by atoms with Crippen molar-refractivity contribution >= 4 is 35.0 Å². The van der Waals surface area contributed by atoms with Crippen LogP contribution in [-0.2, 0) is 5.75 Å². The number of ether oxygens (including phenoxy) is 1. The zero-order valence-electron chi connectivity index (χ0n) is 14.2. The molecule has 0 aliphatic heterocycles. The van der Waals surface area contributed by atoms with Gasteiger partial charge in [-0.2, -0.15) is 0 Å². The van der Waals surface area contributed by atoms with Crippen LogP contribution in [0.2, 0.25) is 5.02 Å². The predicted octanol–water partition coefficient (Wildman–Crippen LogP) is 5.89. The number of benzene rings is 3. The van der Waals surface area contributed by atoms with Crippen molar-refractivity contribution < 1.29 is 9.53 Å². The first-order chi connectivity index (χ1) is 12.7. The molecule has 1 N–H and O–H groups in total. The molecule has 0 atom stereocenters. The fraction of sp³-hybridized carbons (Fsp3) is 0.0952. The summed E-state index contributed by atoms with van der Waals surface area (Å²) in [6.07, 6.45) is 0. The molecule has 0 aliphatic carbocycles. The number of hydrogen-bond donors (Lipinski definition) is 1. The summed E-state index contributed by atoms with van der Waals surface area (Å²) < 4.78 is 5.12. The summed E-state index contributed by atoms with van der Waals surface area (Å²) in [6.45, 7) is 0. The van der Waals surface area contributed by atoms with Gasteiger partial charge in [-0.05, 0) is 54.1 Å². The molecule has 0 aromatic heterocycles. The molecule has 0 aliphatic rings. The molecule has 3 aromatic carbocycles. The van der Waals surface area contributed by atoms with Crippen LogP contribution in [0.25, 0.3) is 0 Å². The Labute approximate surface area is 162 Å². The first-order valence-corrected chi connectivity index (χ1v) is 9.44. The van der Waals surface area contributed by atoms with Crippen molar-refractivity contribution in [3.8, 4) is 5.75 Å². The minimum Gasteiger partial charge on any atom is -0.497 e. The number of hydrogen-bond acceptors (Lipinski definition) is 3. The first kappa shape index (κ1) is 18.4. The fourth-order valence-corrected chi connectivity index (χ4v) is 3.46. The number of carbonyl (C=O) groups excluding carboxylic acids is 1. The summed E-state index contributed by atoms with van der Waals surface area (Å²) in [5, 5.41) is 3.72. The number of halogens is 1. The maximum absolute atomic E-state index is 12.5. The van der Waals surface area contributed by atoms with Crippen molar-refractivity contribution in [3.05, 3.63) is 88.9 Å². The molecule has 0 saturated heterocycles. The molecule has 0 saturated carbocycles. The van der Waals surface area contributed by atoms with Crippen molar-refractivity contribution in [2.75, 3.05) is 12.4 Å². The maximum atomic E-state index is 12.5. The molecule has 0 unspecified atom stereocenters. The molecule has 26 heavy (non-hydrogen) atoms. The molecule has 0 heterocycles. The average molecular weight is 384 g/mol. The number of methoxy groups -OCH3 is 1. The van der Waals surface area contributed by atoms with E-state index in [0.717, 1.165) is 27.1 Å². The Morgan fingerprint density at radius 3 is 2.38 bits per heavy atom. The molecule has 132 valence electrons. The van der Waals surface area contributed by atoms with Gasteiger partial charge in [0.05, 0.1) is 12.8 Å². The number of anilines is 1. The van der Waals surface area contributed by atoms with Gasteiger partial charge in [-0.3, -0.25) is 4.79 Å². The van der Waals surface area contributed by atoms with Crippen molar-refractivity contribution in [1.82, 2.24) is 0 Å². The molecule has 0 spiro atoms. The van der Waals surface area contributed by atoms with Gasteiger partial charge in [0, 0.05) is 21.2 Å². The molecule has 1 amide bonds. The van der Waals surface area contributed by atoms with Gasteiger partial charge in [0.1, 0.15) is 5.75 Å². The highest BCUT2D eigenvalue weighted by Gasteiger charge is 2.10. The van der Waals surface area contributed by atoms with E-state index in [1.165, 1.54) is 5.56 Å². The van der Waals surface area contributed by atoms with Crippen LogP contribution < -0.4 is 10.1 Å². The normalized spacial score (nSPS) is 10.4. The Bertz CT molecular complexity index is 879. The van der Waals surface area contributed by atoms with E-state index >= 15 is 0 Å². The van der Waals surface area contributed by atoms with E-state index in [1.807, 2.05) is 48.5 Å². The molecule has 3 aromatic rings. The highest BCUT2D eigenvalue weighted by molar-refractivity contribution is 7.98. The minimum absolute atomic E-state index is 0.146. The van der Waals surface area contributed by atoms with Gasteiger partial charge < -0.3 is 10.1 Å². The summed E-state index contributed by atoms with van der Waals surface area (Å²) in [5.41, 5.74) is 2.56. The van der Waals surface area contributed by atoms with E-state index in [-0.39, 0.29) is 5.91 Å². The van der Waals surface area contributed by atoms with Crippen LogP contribution >= 0.6 is 23.4 Å². The predicted molar refractivity (Wildman–Crippen MR) is 108 cm³/mol. The Hall–Kier alpha value is -2.43. The molecule has 5 heteroatoms. The highest BCUT2D eigenvalue weighted by atomic mass is 35.5. The molecule has 0 radical (unpaired) electrons. The van der Waals surface area contributed by atoms with E-state index in [1.54, 1.807) is 43.1 Å². The van der Waals surface area contributed by atoms with Crippen molar-refractivity contribution in [3.63, 3.8) is 0 Å². The van der Waals surface area contributed by atoms with Crippen LogP contribution in [0.5, 0.6) is 5.75 Å². The van der Waals surface area contributed by atoms with Gasteiger partial charge in [-0.25, -0.2) is 0 Å². The molecular formula is C21H18ClNO2S. The number of rotatable bonds is 6. The van der Waals surface area contributed by atoms with Gasteiger partial charge in [0.25, 0.3) is 5.91 Å². The molecule has 3 nitrogen and oxygen atoms in total. The van der Waals surface area contributed by atoms with Crippen LogP contribution in [0.1, 0.15) is 15.9 Å². The Balaban J connectivity index is 1.69. The third kappa shape index (κ3) is 4.81. The molecule has 3 rings (SSSR count). The second-order valence-corrected chi connectivity index (χ2v) is 7.05. The summed E-state index contributed by atoms with van der Waals surface area (Å²) >= 11 is 7.60. The smallest absolute Gasteiger partial charge is 0.255 e. The summed E-state index contributed by atoms with van der Waals surface area (Å²) in [5.74, 6) is 1.37. The topological polar surface area (TPSA) is 38.3 Å². The van der Waals surface area contributed by atoms with Crippen molar-refractivity contribution in [1.29, 1.82) is 0 Å². The lowest BCUT2D eigenvalue weighted by Crippen LogP contribution is -2.12. The number of thioether (sulfide) groups is 1. The zero-order valence-corrected chi connectivity index (χ0v) is 15.8. The first-order valence-electron chi connectivity index (χ1n) is 8.07. The maximum Gasteiger partial charge on any atom is 0.255 e. The molecular weight excluding hydrogens is 366 g/mol. The van der Waals surface area contributed by atoms with E-state index in [2.05, 4.69) is 5.32 Å². The van der Waals surface area contributed by atoms with E-state index in [9.17, 15) is 4.79 Å². The Morgan fingerprint density at radius 1 is 1.00 bits per heavy atom. The summed E-state index contributed by atoms with van der Waals surface area (Å²) in [4.78, 5) is 13.5. The van der Waals surface area contributed by atoms with Gasteiger partial charge in [0.2, 0.25) is 0 Å². The number of amides is 1. The lowest BCUT2D eigenvalue weighted by Gasteiger charge is -2.11. The van der Waals surface area contributed by atoms with Crippen LogP contribution in [-0.4, -0.2) is 13.0 Å². The number of nitrogens with one attached hydrogen (secondary N) is 1. The van der Waals surface area contributed by atoms with E-state index < -0.39 is 0 Å². The lowest BCUT2D eigenvalue weighted by atomic mass is 10.2. The molecule has 0 fully saturated rings. The van der Waals surface area contributed by atoms with Crippen molar-refractivity contribution in [2.24, 2.45) is 0 Å². The summed E-state index contributed by atoms with van der Waals surface area (Å²) in [6, 6.07) is 22.6. The largest absolute Gasteiger partial charge is 0.497 e. The van der Waals surface area contributed by atoms with Gasteiger partial charge in [-0.15, -0.1) is 11.8 Å². The number of carbonyl (C=O) groups is 1. The zero-order chi connectivity index (χ0) is 18.4. The highest BCUT2D eigenvalue weighted by Crippen LogP contribution is 2.30. The summed E-state index contributed by atoms with van der Waals surface area (Å²) in [7, 11) is 1.60. The monoisotopic (exact) mass is 383 g/mol. The Kier molecular flexibility index (Phi) is 6.21. The van der Waals surface area contributed by atoms with Gasteiger partial charge >= 0.3 is 0 Å². The standard InChI is InChI=1S/C21H18ClNO2S/c1-25-18-12-8-16(9-13-18)21(24)23-19-4-2-3-5-20(19)26-14-15-6-10-17(22)11-7-15/h2-13H,14H2,1H3,(H,23,24). The van der Waals surface area contributed by atoms with Crippen LogP contribution in [0, 0.1) is 0 Å². The number of para-hydroxylation sites is 1. The van der Waals surface area contributed by atoms with E-state index in [4.69, 9.17) is 16.3 Å². The SMILES string of the molecule is COc1ccc(C(=O)Nc2ccccc2SCc2ccc(Cl)cc2)cc1. The van der Waals surface area contributed by atoms with Crippen LogP contribution in [0.15, 0.2) is 77.7 Å². The van der Waals surface area contributed by atoms with Crippen molar-refractivity contribution in [2.45, 2.75) is 10.6 Å². The van der Waals surface area contributed by atoms with Crippen LogP contribution in [0.4, 0.5) is 5.69 Å². The molecule has 0 bridgehead atoms. The third-order valence-electron chi connectivity index (χ3n) is 3.80.